The molecule has 15 heavy (non-hydrogen) atoms. The van der Waals surface area contributed by atoms with E-state index in [0.29, 0.717) is 0 Å². The van der Waals surface area contributed by atoms with E-state index in [1.807, 2.05) is 42.5 Å². The predicted octanol–water partition coefficient (Wildman–Crippen LogP) is 3.17. The van der Waals surface area contributed by atoms with Gasteiger partial charge in [-0.05, 0) is 18.1 Å². The average molecular weight is 198 g/mol. The third-order valence-electron chi connectivity index (χ3n) is 2.67. The SMILES string of the molecule is CCc1cccc(C(=O)C2C=CC=C2)c1. The first-order valence-corrected chi connectivity index (χ1v) is 5.29. The molecule has 0 N–H and O–H groups in total. The Balaban J connectivity index is 2.25. The first-order chi connectivity index (χ1) is 7.31. The molecule has 0 aliphatic heterocycles. The summed E-state index contributed by atoms with van der Waals surface area (Å²) in [5, 5.41) is 0. The second-order valence-corrected chi connectivity index (χ2v) is 3.71. The lowest BCUT2D eigenvalue weighted by Crippen LogP contribution is -2.08. The van der Waals surface area contributed by atoms with Crippen LogP contribution in [0.3, 0.4) is 0 Å². The van der Waals surface area contributed by atoms with Crippen molar-refractivity contribution in [2.24, 2.45) is 5.92 Å². The Morgan fingerprint density at radius 1 is 1.27 bits per heavy atom. The van der Waals surface area contributed by atoms with E-state index in [9.17, 15) is 4.79 Å². The molecule has 0 spiro atoms. The van der Waals surface area contributed by atoms with Crippen molar-refractivity contribution in [3.05, 3.63) is 59.7 Å². The number of rotatable bonds is 3. The molecule has 76 valence electrons. The van der Waals surface area contributed by atoms with Crippen molar-refractivity contribution in [1.29, 1.82) is 0 Å². The summed E-state index contributed by atoms with van der Waals surface area (Å²) in [5.74, 6) is 0.132. The number of aryl methyl sites for hydroxylation is 1. The van der Waals surface area contributed by atoms with E-state index in [1.54, 1.807) is 0 Å². The Labute approximate surface area is 90.1 Å². The van der Waals surface area contributed by atoms with Gasteiger partial charge in [-0.2, -0.15) is 0 Å². The molecule has 0 unspecified atom stereocenters. The van der Waals surface area contributed by atoms with E-state index in [0.717, 1.165) is 12.0 Å². The first-order valence-electron chi connectivity index (χ1n) is 5.29. The fourth-order valence-electron chi connectivity index (χ4n) is 1.74. The van der Waals surface area contributed by atoms with Gasteiger partial charge in [0.1, 0.15) is 0 Å². The fraction of sp³-hybridized carbons (Fsp3) is 0.214. The number of allylic oxidation sites excluding steroid dienone is 4. The van der Waals surface area contributed by atoms with Crippen LogP contribution in [0.25, 0.3) is 0 Å². The van der Waals surface area contributed by atoms with Gasteiger partial charge < -0.3 is 0 Å². The van der Waals surface area contributed by atoms with Crippen molar-refractivity contribution in [3.8, 4) is 0 Å². The number of carbonyl (C=O) groups excluding carboxylic acids is 1. The molecule has 0 saturated heterocycles. The quantitative estimate of drug-likeness (QED) is 0.682. The van der Waals surface area contributed by atoms with Crippen LogP contribution in [0.15, 0.2) is 48.6 Å². The standard InChI is InChI=1S/C14H14O/c1-2-11-6-5-9-13(10-11)14(15)12-7-3-4-8-12/h3-10,12H,2H2,1H3. The number of hydrogen-bond acceptors (Lipinski definition) is 1. The molecule has 0 amide bonds. The highest BCUT2D eigenvalue weighted by Gasteiger charge is 2.16. The minimum Gasteiger partial charge on any atom is -0.293 e. The van der Waals surface area contributed by atoms with E-state index in [2.05, 4.69) is 13.0 Å². The average Bonchev–Trinajstić information content (AvgIpc) is 2.81. The van der Waals surface area contributed by atoms with Gasteiger partial charge in [-0.25, -0.2) is 0 Å². The normalized spacial score (nSPS) is 14.7. The Kier molecular flexibility index (Phi) is 2.82. The number of hydrogen-bond donors (Lipinski definition) is 0. The fourth-order valence-corrected chi connectivity index (χ4v) is 1.74. The molecular formula is C14H14O. The zero-order chi connectivity index (χ0) is 10.7. The van der Waals surface area contributed by atoms with Crippen LogP contribution in [-0.2, 0) is 6.42 Å². The van der Waals surface area contributed by atoms with Crippen LogP contribution >= 0.6 is 0 Å². The molecule has 0 bridgehead atoms. The highest BCUT2D eigenvalue weighted by Crippen LogP contribution is 2.17. The van der Waals surface area contributed by atoms with Gasteiger partial charge in [0.2, 0.25) is 0 Å². The van der Waals surface area contributed by atoms with Crippen molar-refractivity contribution in [1.82, 2.24) is 0 Å². The van der Waals surface area contributed by atoms with Crippen molar-refractivity contribution in [2.75, 3.05) is 0 Å². The predicted molar refractivity (Wildman–Crippen MR) is 61.9 cm³/mol. The van der Waals surface area contributed by atoms with Crippen LogP contribution in [0.2, 0.25) is 0 Å². The highest BCUT2D eigenvalue weighted by atomic mass is 16.1. The van der Waals surface area contributed by atoms with Gasteiger partial charge in [-0.1, -0.05) is 49.4 Å². The maximum Gasteiger partial charge on any atom is 0.173 e. The molecule has 0 atom stereocenters. The van der Waals surface area contributed by atoms with Gasteiger partial charge in [0, 0.05) is 5.56 Å². The number of benzene rings is 1. The van der Waals surface area contributed by atoms with Crippen LogP contribution in [0.5, 0.6) is 0 Å². The number of ketones is 1. The second-order valence-electron chi connectivity index (χ2n) is 3.71. The Hall–Kier alpha value is -1.63. The molecule has 0 saturated carbocycles. The molecular weight excluding hydrogens is 184 g/mol. The van der Waals surface area contributed by atoms with Crippen LogP contribution in [-0.4, -0.2) is 5.78 Å². The Morgan fingerprint density at radius 2 is 2.00 bits per heavy atom. The van der Waals surface area contributed by atoms with Crippen LogP contribution in [0.1, 0.15) is 22.8 Å². The summed E-state index contributed by atoms with van der Waals surface area (Å²) in [6, 6.07) is 7.88. The first kappa shape index (κ1) is 9.91. The van der Waals surface area contributed by atoms with E-state index >= 15 is 0 Å². The van der Waals surface area contributed by atoms with Crippen molar-refractivity contribution < 1.29 is 4.79 Å². The second kappa shape index (κ2) is 4.26. The molecule has 1 nitrogen and oxygen atoms in total. The monoisotopic (exact) mass is 198 g/mol. The van der Waals surface area contributed by atoms with E-state index in [-0.39, 0.29) is 11.7 Å². The van der Waals surface area contributed by atoms with Gasteiger partial charge in [0.25, 0.3) is 0 Å². The van der Waals surface area contributed by atoms with Gasteiger partial charge in [0.15, 0.2) is 5.78 Å². The summed E-state index contributed by atoms with van der Waals surface area (Å²) in [4.78, 5) is 12.0. The van der Waals surface area contributed by atoms with E-state index in [4.69, 9.17) is 0 Å². The minimum atomic E-state index is -0.0582. The summed E-state index contributed by atoms with van der Waals surface area (Å²) in [6.45, 7) is 2.10. The van der Waals surface area contributed by atoms with Crippen LogP contribution in [0, 0.1) is 5.92 Å². The summed E-state index contributed by atoms with van der Waals surface area (Å²) < 4.78 is 0. The largest absolute Gasteiger partial charge is 0.293 e. The molecule has 0 fully saturated rings. The molecule has 2 rings (SSSR count). The third kappa shape index (κ3) is 2.07. The Bertz CT molecular complexity index is 415. The molecule has 1 aliphatic rings. The summed E-state index contributed by atoms with van der Waals surface area (Å²) >= 11 is 0. The van der Waals surface area contributed by atoms with Gasteiger partial charge in [0.05, 0.1) is 5.92 Å². The smallest absolute Gasteiger partial charge is 0.173 e. The molecule has 1 heteroatoms. The van der Waals surface area contributed by atoms with Gasteiger partial charge in [-0.15, -0.1) is 0 Å². The third-order valence-corrected chi connectivity index (χ3v) is 2.67. The maximum absolute atomic E-state index is 12.0. The minimum absolute atomic E-state index is 0.0582. The molecule has 0 radical (unpaired) electrons. The highest BCUT2D eigenvalue weighted by molar-refractivity contribution is 6.00. The Morgan fingerprint density at radius 3 is 2.67 bits per heavy atom. The van der Waals surface area contributed by atoms with Crippen molar-refractivity contribution in [2.45, 2.75) is 13.3 Å². The van der Waals surface area contributed by atoms with Crippen molar-refractivity contribution >= 4 is 5.78 Å². The number of carbonyl (C=O) groups is 1. The maximum atomic E-state index is 12.0. The zero-order valence-corrected chi connectivity index (χ0v) is 8.81. The zero-order valence-electron chi connectivity index (χ0n) is 8.81. The summed E-state index contributed by atoms with van der Waals surface area (Å²) in [5.41, 5.74) is 2.03. The van der Waals surface area contributed by atoms with Crippen molar-refractivity contribution in [3.63, 3.8) is 0 Å². The van der Waals surface area contributed by atoms with Gasteiger partial charge in [-0.3, -0.25) is 4.79 Å². The van der Waals surface area contributed by atoms with Gasteiger partial charge >= 0.3 is 0 Å². The molecule has 0 aromatic heterocycles. The van der Waals surface area contributed by atoms with Crippen LogP contribution in [0.4, 0.5) is 0 Å². The lowest BCUT2D eigenvalue weighted by atomic mass is 9.97. The molecule has 1 aliphatic carbocycles. The topological polar surface area (TPSA) is 17.1 Å². The number of Topliss-reactive ketones (excluding diaryl/α,β-unsaturated/α-hetero) is 1. The van der Waals surface area contributed by atoms with E-state index < -0.39 is 0 Å². The lowest BCUT2D eigenvalue weighted by Gasteiger charge is -2.05. The van der Waals surface area contributed by atoms with Crippen LogP contribution < -0.4 is 0 Å². The molecule has 1 aromatic carbocycles. The molecule has 1 aromatic rings. The lowest BCUT2D eigenvalue weighted by molar-refractivity contribution is 0.0966. The summed E-state index contributed by atoms with van der Waals surface area (Å²) in [6.07, 6.45) is 8.68. The van der Waals surface area contributed by atoms with E-state index in [1.165, 1.54) is 5.56 Å². The molecule has 0 heterocycles. The summed E-state index contributed by atoms with van der Waals surface area (Å²) in [7, 11) is 0.